The third kappa shape index (κ3) is 5.52. The molecule has 1 amide bonds. The van der Waals surface area contributed by atoms with Gasteiger partial charge in [0.1, 0.15) is 17.3 Å². The number of aliphatic hydroxyl groups excluding tert-OH is 1. The molecule has 0 spiro atoms. The highest BCUT2D eigenvalue weighted by molar-refractivity contribution is 6.51. The number of Topliss-reactive ketones (excluding diaryl/α,β-unsaturated/α-hetero) is 1. The molecule has 0 aliphatic carbocycles. The van der Waals surface area contributed by atoms with Crippen molar-refractivity contribution in [2.45, 2.75) is 39.3 Å². The van der Waals surface area contributed by atoms with E-state index in [0.717, 1.165) is 12.1 Å². The average Bonchev–Trinajstić information content (AvgIpc) is 3.17. The average molecular weight is 515 g/mol. The Morgan fingerprint density at radius 3 is 2.26 bits per heavy atom. The number of anilines is 2. The lowest BCUT2D eigenvalue weighted by atomic mass is 9.95. The van der Waals surface area contributed by atoms with Crippen LogP contribution in [0, 0.1) is 0 Å². The smallest absolute Gasteiger partial charge is 0.300 e. The molecule has 3 aromatic rings. The van der Waals surface area contributed by atoms with Crippen LogP contribution in [-0.2, 0) is 9.59 Å². The van der Waals surface area contributed by atoms with Crippen LogP contribution in [-0.4, -0.2) is 43.6 Å². The molecule has 1 aliphatic rings. The molecule has 4 rings (SSSR count). The van der Waals surface area contributed by atoms with Gasteiger partial charge < -0.3 is 19.5 Å². The number of hydrogen-bond acceptors (Lipinski definition) is 6. The fraction of sp³-hybridized carbons (Fsp3) is 0.290. The molecule has 3 aromatic carbocycles. The minimum atomic E-state index is -0.820. The van der Waals surface area contributed by atoms with Crippen molar-refractivity contribution in [3.63, 3.8) is 0 Å². The van der Waals surface area contributed by atoms with Crippen LogP contribution in [0.4, 0.5) is 11.4 Å². The highest BCUT2D eigenvalue weighted by Gasteiger charge is 2.47. The first-order valence-corrected chi connectivity index (χ1v) is 12.8. The molecule has 7 heteroatoms. The summed E-state index contributed by atoms with van der Waals surface area (Å²) in [6.45, 7) is 6.41. The summed E-state index contributed by atoms with van der Waals surface area (Å²) in [6, 6.07) is 20.8. The molecule has 1 fully saturated rings. The monoisotopic (exact) mass is 514 g/mol. The number of nitrogens with zero attached hydrogens (tertiary/aromatic N) is 2. The standard InChI is InChI=1S/C31H34N2O5/c1-6-18-37-26-9-7-8-24(19-26)33-28(21-10-14-23(15-11-21)32(4)5)27(30(35)31(33)36)29(34)22-12-16-25(17-13-22)38-20(2)3/h7-17,19-20,28,34H,6,18H2,1-5H3/b29-27+. The molecule has 0 radical (unpaired) electrons. The van der Waals surface area contributed by atoms with Crippen molar-refractivity contribution in [1.82, 2.24) is 0 Å². The van der Waals surface area contributed by atoms with Gasteiger partial charge in [0.25, 0.3) is 11.7 Å². The van der Waals surface area contributed by atoms with E-state index in [2.05, 4.69) is 0 Å². The van der Waals surface area contributed by atoms with E-state index in [9.17, 15) is 14.7 Å². The van der Waals surface area contributed by atoms with Crippen LogP contribution in [0.3, 0.4) is 0 Å². The molecule has 1 unspecified atom stereocenters. The number of aliphatic hydroxyl groups is 1. The molecule has 1 heterocycles. The molecule has 38 heavy (non-hydrogen) atoms. The summed E-state index contributed by atoms with van der Waals surface area (Å²) in [7, 11) is 3.88. The fourth-order valence-corrected chi connectivity index (χ4v) is 4.43. The van der Waals surface area contributed by atoms with E-state index in [-0.39, 0.29) is 17.4 Å². The summed E-state index contributed by atoms with van der Waals surface area (Å²) in [5, 5.41) is 11.4. The summed E-state index contributed by atoms with van der Waals surface area (Å²) in [5.74, 6) is -0.431. The zero-order valence-corrected chi connectivity index (χ0v) is 22.5. The van der Waals surface area contributed by atoms with Gasteiger partial charge >= 0.3 is 0 Å². The number of ketones is 1. The molecule has 1 N–H and O–H groups in total. The molecule has 1 aliphatic heterocycles. The highest BCUT2D eigenvalue weighted by Crippen LogP contribution is 2.43. The zero-order valence-electron chi connectivity index (χ0n) is 22.5. The van der Waals surface area contributed by atoms with Crippen molar-refractivity contribution < 1.29 is 24.2 Å². The van der Waals surface area contributed by atoms with Crippen molar-refractivity contribution in [2.24, 2.45) is 0 Å². The number of hydrogen-bond donors (Lipinski definition) is 1. The normalized spacial score (nSPS) is 16.7. The first kappa shape index (κ1) is 26.8. The van der Waals surface area contributed by atoms with Gasteiger partial charge in [0, 0.05) is 37.1 Å². The van der Waals surface area contributed by atoms with Crippen molar-refractivity contribution in [3.05, 3.63) is 89.5 Å². The first-order valence-electron chi connectivity index (χ1n) is 12.8. The Morgan fingerprint density at radius 1 is 0.974 bits per heavy atom. The van der Waals surface area contributed by atoms with Gasteiger partial charge in [-0.1, -0.05) is 25.1 Å². The number of ether oxygens (including phenoxy) is 2. The molecule has 7 nitrogen and oxygen atoms in total. The second-order valence-electron chi connectivity index (χ2n) is 9.69. The Morgan fingerprint density at radius 2 is 1.66 bits per heavy atom. The predicted molar refractivity (Wildman–Crippen MR) is 150 cm³/mol. The minimum absolute atomic E-state index is 0.00183. The molecular weight excluding hydrogens is 480 g/mol. The van der Waals surface area contributed by atoms with E-state index in [0.29, 0.717) is 34.9 Å². The summed E-state index contributed by atoms with van der Waals surface area (Å²) in [5.41, 5.74) is 2.65. The molecule has 0 bridgehead atoms. The summed E-state index contributed by atoms with van der Waals surface area (Å²) in [6.07, 6.45) is 0.843. The quantitative estimate of drug-likeness (QED) is 0.216. The Balaban J connectivity index is 1.84. The van der Waals surface area contributed by atoms with Gasteiger partial charge in [-0.2, -0.15) is 0 Å². The Hall–Kier alpha value is -4.26. The van der Waals surface area contributed by atoms with Gasteiger partial charge in [-0.25, -0.2) is 0 Å². The Kier molecular flexibility index (Phi) is 8.05. The largest absolute Gasteiger partial charge is 0.507 e. The second kappa shape index (κ2) is 11.4. The maximum absolute atomic E-state index is 13.5. The topological polar surface area (TPSA) is 79.3 Å². The molecule has 1 saturated heterocycles. The summed E-state index contributed by atoms with van der Waals surface area (Å²) < 4.78 is 11.5. The highest BCUT2D eigenvalue weighted by atomic mass is 16.5. The number of benzene rings is 3. The third-order valence-corrected chi connectivity index (χ3v) is 6.24. The summed E-state index contributed by atoms with van der Waals surface area (Å²) in [4.78, 5) is 30.3. The van der Waals surface area contributed by atoms with E-state index >= 15 is 0 Å². The van der Waals surface area contributed by atoms with Crippen LogP contribution in [0.5, 0.6) is 11.5 Å². The second-order valence-corrected chi connectivity index (χ2v) is 9.69. The molecule has 0 aromatic heterocycles. The van der Waals surface area contributed by atoms with Crippen LogP contribution in [0.1, 0.15) is 44.4 Å². The summed E-state index contributed by atoms with van der Waals surface area (Å²) >= 11 is 0. The maximum Gasteiger partial charge on any atom is 0.300 e. The number of carbonyl (C=O) groups is 2. The van der Waals surface area contributed by atoms with Crippen LogP contribution >= 0.6 is 0 Å². The first-order chi connectivity index (χ1) is 18.2. The lowest BCUT2D eigenvalue weighted by Gasteiger charge is -2.26. The van der Waals surface area contributed by atoms with Crippen molar-refractivity contribution >= 4 is 28.8 Å². The molecule has 1 atom stereocenters. The molecule has 198 valence electrons. The van der Waals surface area contributed by atoms with E-state index in [1.807, 2.05) is 70.1 Å². The number of amides is 1. The van der Waals surface area contributed by atoms with E-state index in [1.54, 1.807) is 42.5 Å². The maximum atomic E-state index is 13.5. The lowest BCUT2D eigenvalue weighted by Crippen LogP contribution is -2.29. The number of carbonyl (C=O) groups excluding carboxylic acids is 2. The van der Waals surface area contributed by atoms with Gasteiger partial charge in [-0.05, 0) is 74.4 Å². The Labute approximate surface area is 223 Å². The predicted octanol–water partition coefficient (Wildman–Crippen LogP) is 5.95. The van der Waals surface area contributed by atoms with Gasteiger partial charge in [0.2, 0.25) is 0 Å². The van der Waals surface area contributed by atoms with E-state index in [4.69, 9.17) is 9.47 Å². The van der Waals surface area contributed by atoms with Crippen molar-refractivity contribution in [3.8, 4) is 11.5 Å². The fourth-order valence-electron chi connectivity index (χ4n) is 4.43. The van der Waals surface area contributed by atoms with Crippen LogP contribution in [0.15, 0.2) is 78.4 Å². The molecular formula is C31H34N2O5. The van der Waals surface area contributed by atoms with E-state index in [1.165, 1.54) is 4.90 Å². The minimum Gasteiger partial charge on any atom is -0.507 e. The lowest BCUT2D eigenvalue weighted by molar-refractivity contribution is -0.132. The van der Waals surface area contributed by atoms with Gasteiger partial charge in [-0.15, -0.1) is 0 Å². The van der Waals surface area contributed by atoms with Crippen LogP contribution in [0.2, 0.25) is 0 Å². The van der Waals surface area contributed by atoms with Gasteiger partial charge in [0.05, 0.1) is 24.3 Å². The van der Waals surface area contributed by atoms with Crippen LogP contribution < -0.4 is 19.3 Å². The Bertz CT molecular complexity index is 1330. The van der Waals surface area contributed by atoms with E-state index < -0.39 is 17.7 Å². The van der Waals surface area contributed by atoms with Crippen LogP contribution in [0.25, 0.3) is 5.76 Å². The zero-order chi connectivity index (χ0) is 27.4. The van der Waals surface area contributed by atoms with Crippen molar-refractivity contribution in [2.75, 3.05) is 30.5 Å². The van der Waals surface area contributed by atoms with Gasteiger partial charge in [-0.3, -0.25) is 14.5 Å². The SMILES string of the molecule is CCCOc1cccc(N2C(=O)C(=O)/C(=C(/O)c3ccc(OC(C)C)cc3)C2c2ccc(N(C)C)cc2)c1. The molecule has 0 saturated carbocycles. The van der Waals surface area contributed by atoms with Crippen molar-refractivity contribution in [1.29, 1.82) is 0 Å². The van der Waals surface area contributed by atoms with Gasteiger partial charge in [0.15, 0.2) is 0 Å². The third-order valence-electron chi connectivity index (χ3n) is 6.24. The number of rotatable bonds is 9.